The zero-order chi connectivity index (χ0) is 33.6. The van der Waals surface area contributed by atoms with Gasteiger partial charge in [0.2, 0.25) is 0 Å². The SMILES string of the molecule is CC(C)(C)c1ccnc(-c2[c-]cccc2)n1.[B].[Ir].[Y].[c-]1ccc(-c2[c-]nc(-c3ccccc3)cc2)[c-]c1-c1nc2ccccc2n1-c1ccccc1. The zero-order valence-electron chi connectivity index (χ0n) is 29.1. The van der Waals surface area contributed by atoms with E-state index in [-0.39, 0.29) is 66.6 Å². The maximum atomic E-state index is 4.92. The van der Waals surface area contributed by atoms with E-state index in [1.807, 2.05) is 128 Å². The van der Waals surface area contributed by atoms with Gasteiger partial charge in [0, 0.05) is 84.2 Å². The molecule has 0 aliphatic carbocycles. The first kappa shape index (κ1) is 40.4. The summed E-state index contributed by atoms with van der Waals surface area (Å²) in [6, 6.07) is 56.2. The van der Waals surface area contributed by atoms with E-state index in [0.717, 1.165) is 67.6 Å². The number of nitrogens with zero attached hydrogens (tertiary/aromatic N) is 5. The molecule has 0 atom stereocenters. The molecular weight excluding hydrogens is 890 g/mol. The Morgan fingerprint density at radius 2 is 1.35 bits per heavy atom. The molecule has 0 bridgehead atoms. The molecule has 5 aromatic carbocycles. The van der Waals surface area contributed by atoms with Gasteiger partial charge in [-0.1, -0.05) is 81.4 Å². The first-order valence-corrected chi connectivity index (χ1v) is 16.2. The molecule has 253 valence electrons. The number of benzene rings is 5. The summed E-state index contributed by atoms with van der Waals surface area (Å²) < 4.78 is 2.15. The molecular formula is C44H33BIrN5Y-4. The Kier molecular flexibility index (Phi) is 14.3. The molecule has 0 fully saturated rings. The van der Waals surface area contributed by atoms with Crippen LogP contribution in [0.3, 0.4) is 0 Å². The summed E-state index contributed by atoms with van der Waals surface area (Å²) in [6.07, 6.45) is 4.99. The van der Waals surface area contributed by atoms with E-state index in [9.17, 15) is 0 Å². The molecule has 8 heteroatoms. The maximum absolute atomic E-state index is 4.92. The van der Waals surface area contributed by atoms with Crippen molar-refractivity contribution >= 4 is 19.4 Å². The van der Waals surface area contributed by atoms with Crippen molar-refractivity contribution in [3.8, 4) is 50.8 Å². The van der Waals surface area contributed by atoms with Crippen molar-refractivity contribution < 1.29 is 52.8 Å². The fraction of sp³-hybridized carbons (Fsp3) is 0.0909. The zero-order valence-corrected chi connectivity index (χ0v) is 34.3. The van der Waals surface area contributed by atoms with Crippen LogP contribution in [0.4, 0.5) is 0 Å². The summed E-state index contributed by atoms with van der Waals surface area (Å²) in [4.78, 5) is 18.3. The number of aromatic nitrogens is 5. The molecule has 52 heavy (non-hydrogen) atoms. The second kappa shape index (κ2) is 18.4. The molecule has 3 aromatic heterocycles. The van der Waals surface area contributed by atoms with Gasteiger partial charge in [0.15, 0.2) is 0 Å². The molecule has 8 rings (SSSR count). The van der Waals surface area contributed by atoms with Gasteiger partial charge in [0.25, 0.3) is 0 Å². The van der Waals surface area contributed by atoms with Gasteiger partial charge < -0.3 is 20.6 Å². The average molecular weight is 924 g/mol. The van der Waals surface area contributed by atoms with Gasteiger partial charge in [-0.3, -0.25) is 33.2 Å². The van der Waals surface area contributed by atoms with Crippen molar-refractivity contribution in [1.82, 2.24) is 24.5 Å². The van der Waals surface area contributed by atoms with E-state index < -0.39 is 0 Å². The predicted molar refractivity (Wildman–Crippen MR) is 202 cm³/mol. The van der Waals surface area contributed by atoms with Crippen LogP contribution >= 0.6 is 0 Å². The molecule has 5 nitrogen and oxygen atoms in total. The van der Waals surface area contributed by atoms with E-state index in [1.54, 1.807) is 0 Å². The van der Waals surface area contributed by atoms with Crippen LogP contribution in [-0.2, 0) is 58.2 Å². The van der Waals surface area contributed by atoms with Crippen molar-refractivity contribution in [3.63, 3.8) is 0 Å². The molecule has 0 saturated heterocycles. The standard InChI is InChI=1S/C30H18N3.C14H15N2.B.Ir.Y/c1-3-10-22(11-4-1)27-19-18-25(21-31-27)23-12-9-13-24(20-23)30-32-28-16-7-8-17-29(28)33(30)26-14-5-2-6-15-26;1-14(2,3)12-9-10-15-13(16-12)11-7-5-4-6-8-11;;;/h1-12,14-19H;4-7,9-10H,1-3H3;;;/q-3;-1;;;. The van der Waals surface area contributed by atoms with Gasteiger partial charge in [-0.05, 0) is 53.6 Å². The van der Waals surface area contributed by atoms with E-state index in [2.05, 4.69) is 82.9 Å². The topological polar surface area (TPSA) is 56.5 Å². The Bertz CT molecular complexity index is 2310. The van der Waals surface area contributed by atoms with Crippen LogP contribution < -0.4 is 0 Å². The van der Waals surface area contributed by atoms with Gasteiger partial charge in [-0.2, -0.15) is 5.56 Å². The summed E-state index contributed by atoms with van der Waals surface area (Å²) in [5.74, 6) is 1.55. The molecule has 0 N–H and O–H groups in total. The van der Waals surface area contributed by atoms with Crippen molar-refractivity contribution in [2.24, 2.45) is 0 Å². The Balaban J connectivity index is 0.000000272. The van der Waals surface area contributed by atoms with Gasteiger partial charge >= 0.3 is 0 Å². The van der Waals surface area contributed by atoms with Gasteiger partial charge in [0.1, 0.15) is 0 Å². The van der Waals surface area contributed by atoms with Crippen molar-refractivity contribution in [1.29, 1.82) is 0 Å². The minimum atomic E-state index is 0. The number of para-hydroxylation sites is 3. The summed E-state index contributed by atoms with van der Waals surface area (Å²) in [5.41, 5.74) is 9.62. The molecule has 8 aromatic rings. The van der Waals surface area contributed by atoms with E-state index in [1.165, 1.54) is 0 Å². The van der Waals surface area contributed by atoms with Crippen molar-refractivity contribution in [2.45, 2.75) is 26.2 Å². The average Bonchev–Trinajstić information content (AvgIpc) is 3.56. The van der Waals surface area contributed by atoms with Gasteiger partial charge in [-0.25, -0.2) is 6.07 Å². The van der Waals surface area contributed by atoms with Crippen LogP contribution in [0.25, 0.3) is 61.9 Å². The van der Waals surface area contributed by atoms with Crippen LogP contribution in [-0.4, -0.2) is 32.9 Å². The number of fused-ring (bicyclic) bond motifs is 1. The maximum Gasteiger partial charge on any atom is 0.0751 e. The monoisotopic (exact) mass is 924 g/mol. The molecule has 0 unspecified atom stereocenters. The van der Waals surface area contributed by atoms with Crippen LogP contribution in [0.15, 0.2) is 146 Å². The second-order valence-corrected chi connectivity index (χ2v) is 12.5. The summed E-state index contributed by atoms with van der Waals surface area (Å²) in [5, 5.41) is 0. The quantitative estimate of drug-likeness (QED) is 0.128. The normalized spacial score (nSPS) is 10.5. The largest absolute Gasteiger partial charge is 0.374 e. The van der Waals surface area contributed by atoms with Crippen LogP contribution in [0, 0.1) is 24.4 Å². The smallest absolute Gasteiger partial charge is 0.0751 e. The molecule has 0 aliphatic rings. The van der Waals surface area contributed by atoms with Crippen LogP contribution in [0.1, 0.15) is 26.5 Å². The Labute approximate surface area is 346 Å². The third-order valence-electron chi connectivity index (χ3n) is 7.97. The number of rotatable bonds is 5. The molecule has 0 saturated carbocycles. The van der Waals surface area contributed by atoms with Gasteiger partial charge in [0.05, 0.1) is 16.9 Å². The predicted octanol–water partition coefficient (Wildman–Crippen LogP) is 9.68. The fourth-order valence-corrected chi connectivity index (χ4v) is 5.45. The minimum Gasteiger partial charge on any atom is -0.374 e. The molecule has 0 aliphatic heterocycles. The van der Waals surface area contributed by atoms with Crippen LogP contribution in [0.5, 0.6) is 0 Å². The molecule has 3 heterocycles. The third-order valence-corrected chi connectivity index (χ3v) is 7.97. The molecule has 0 spiro atoms. The Hall–Kier alpha value is -4.38. The van der Waals surface area contributed by atoms with E-state index in [4.69, 9.17) is 4.98 Å². The Morgan fingerprint density at radius 1 is 0.635 bits per heavy atom. The fourth-order valence-electron chi connectivity index (χ4n) is 5.45. The van der Waals surface area contributed by atoms with E-state index in [0.29, 0.717) is 0 Å². The summed E-state index contributed by atoms with van der Waals surface area (Å²) in [7, 11) is 0. The number of imidazole rings is 1. The van der Waals surface area contributed by atoms with Crippen molar-refractivity contribution in [2.75, 3.05) is 0 Å². The first-order valence-electron chi connectivity index (χ1n) is 16.2. The third kappa shape index (κ3) is 9.34. The molecule has 5 radical (unpaired) electrons. The number of hydrogen-bond acceptors (Lipinski definition) is 4. The van der Waals surface area contributed by atoms with Crippen molar-refractivity contribution in [3.05, 3.63) is 176 Å². The number of pyridine rings is 1. The number of hydrogen-bond donors (Lipinski definition) is 0. The minimum absolute atomic E-state index is 0. The summed E-state index contributed by atoms with van der Waals surface area (Å²) in [6.45, 7) is 6.44. The Morgan fingerprint density at radius 3 is 2.04 bits per heavy atom. The first-order chi connectivity index (χ1) is 23.9. The summed E-state index contributed by atoms with van der Waals surface area (Å²) >= 11 is 0. The molecule has 0 amide bonds. The van der Waals surface area contributed by atoms with Crippen LogP contribution in [0.2, 0.25) is 0 Å². The second-order valence-electron chi connectivity index (χ2n) is 12.5. The van der Waals surface area contributed by atoms with E-state index >= 15 is 0 Å². The van der Waals surface area contributed by atoms with Gasteiger partial charge in [-0.15, -0.1) is 48.0 Å².